The molecule has 1 fully saturated rings. The third kappa shape index (κ3) is 3.49. The number of hydrogen-bond donors (Lipinski definition) is 1. The Hall–Kier alpha value is -3.41. The maximum absolute atomic E-state index is 13.1. The molecule has 2 aromatic heterocycles. The number of carbonyl (C=O) groups is 1. The number of nitrogens with zero attached hydrogens (tertiary/aromatic N) is 3. The predicted octanol–water partition coefficient (Wildman–Crippen LogP) is 3.11. The lowest BCUT2D eigenvalue weighted by Crippen LogP contribution is -2.49. The number of pyridine rings is 2. The van der Waals surface area contributed by atoms with Gasteiger partial charge in [0.05, 0.1) is 12.2 Å². The Balaban J connectivity index is 1.36. The zero-order valence-corrected chi connectivity index (χ0v) is 16.7. The van der Waals surface area contributed by atoms with Gasteiger partial charge >= 0.3 is 0 Å². The van der Waals surface area contributed by atoms with Crippen LogP contribution < -0.4 is 10.9 Å². The summed E-state index contributed by atoms with van der Waals surface area (Å²) in [5, 5.41) is 3.23. The van der Waals surface area contributed by atoms with Crippen molar-refractivity contribution in [3.05, 3.63) is 94.2 Å². The second-order valence-electron chi connectivity index (χ2n) is 8.14. The van der Waals surface area contributed by atoms with Crippen LogP contribution >= 0.6 is 0 Å². The molecule has 1 aromatic carbocycles. The number of aromatic nitrogens is 2. The Bertz CT molecular complexity index is 1110. The first-order valence-corrected chi connectivity index (χ1v) is 10.4. The zero-order chi connectivity index (χ0) is 20.5. The van der Waals surface area contributed by atoms with Gasteiger partial charge in [0.1, 0.15) is 5.69 Å². The maximum Gasteiger partial charge on any atom is 0.274 e. The molecule has 5 rings (SSSR count). The first-order valence-electron chi connectivity index (χ1n) is 10.4. The quantitative estimate of drug-likeness (QED) is 0.731. The molecule has 2 atom stereocenters. The summed E-state index contributed by atoms with van der Waals surface area (Å²) < 4.78 is 1.91. The van der Waals surface area contributed by atoms with Gasteiger partial charge in [-0.3, -0.25) is 14.6 Å². The van der Waals surface area contributed by atoms with Crippen LogP contribution in [0.15, 0.2) is 71.7 Å². The summed E-state index contributed by atoms with van der Waals surface area (Å²) in [5.41, 5.74) is 3.27. The van der Waals surface area contributed by atoms with Gasteiger partial charge in [-0.05, 0) is 48.7 Å². The summed E-state index contributed by atoms with van der Waals surface area (Å²) in [6.45, 7) is 2.52. The van der Waals surface area contributed by atoms with E-state index in [9.17, 15) is 9.59 Å². The van der Waals surface area contributed by atoms with Crippen molar-refractivity contribution in [3.63, 3.8) is 0 Å². The monoisotopic (exact) mass is 400 g/mol. The summed E-state index contributed by atoms with van der Waals surface area (Å²) in [6.07, 6.45) is 2.78. The van der Waals surface area contributed by atoms with Gasteiger partial charge in [0, 0.05) is 43.0 Å². The largest absolute Gasteiger partial charge is 0.375 e. The molecule has 152 valence electrons. The minimum absolute atomic E-state index is 0.0148. The van der Waals surface area contributed by atoms with Crippen LogP contribution in [0.3, 0.4) is 0 Å². The third-order valence-corrected chi connectivity index (χ3v) is 6.10. The number of benzene rings is 1. The van der Waals surface area contributed by atoms with E-state index in [-0.39, 0.29) is 17.4 Å². The number of nitrogens with one attached hydrogen (secondary N) is 1. The molecule has 4 heterocycles. The summed E-state index contributed by atoms with van der Waals surface area (Å²) in [6, 6.07) is 19.1. The van der Waals surface area contributed by atoms with Crippen LogP contribution in [-0.4, -0.2) is 33.4 Å². The normalized spacial score (nSPS) is 19.8. The van der Waals surface area contributed by atoms with E-state index in [1.54, 1.807) is 6.20 Å². The van der Waals surface area contributed by atoms with E-state index in [4.69, 9.17) is 0 Å². The van der Waals surface area contributed by atoms with Crippen LogP contribution in [0, 0.1) is 5.92 Å². The van der Waals surface area contributed by atoms with Crippen molar-refractivity contribution in [2.24, 2.45) is 5.92 Å². The zero-order valence-electron chi connectivity index (χ0n) is 16.7. The van der Waals surface area contributed by atoms with E-state index in [0.29, 0.717) is 37.8 Å². The highest BCUT2D eigenvalue weighted by molar-refractivity contribution is 5.94. The number of rotatable bonds is 4. The molecule has 2 unspecified atom stereocenters. The summed E-state index contributed by atoms with van der Waals surface area (Å²) in [5.74, 6) is 0.574. The standard InChI is InChI=1S/C24H24N4O2/c29-23(18-6-2-1-3-7-18)27-14-17-12-19(16-27)22-10-9-21(24(30)28(22)15-17)26-13-20-8-4-5-11-25-20/h1-11,17,19,26H,12-16H2. The smallest absolute Gasteiger partial charge is 0.274 e. The lowest BCUT2D eigenvalue weighted by Gasteiger charge is -2.43. The Labute approximate surface area is 175 Å². The van der Waals surface area contributed by atoms with Gasteiger partial charge in [0.15, 0.2) is 0 Å². The van der Waals surface area contributed by atoms with Crippen molar-refractivity contribution in [1.82, 2.24) is 14.5 Å². The van der Waals surface area contributed by atoms with Crippen LogP contribution in [0.1, 0.15) is 34.1 Å². The van der Waals surface area contributed by atoms with Gasteiger partial charge in [0.2, 0.25) is 0 Å². The molecule has 6 nitrogen and oxygen atoms in total. The number of likely N-dealkylation sites (tertiary alicyclic amines) is 1. The van der Waals surface area contributed by atoms with Gasteiger partial charge < -0.3 is 14.8 Å². The van der Waals surface area contributed by atoms with Crippen LogP contribution in [0.2, 0.25) is 0 Å². The third-order valence-electron chi connectivity index (χ3n) is 6.10. The van der Waals surface area contributed by atoms with E-state index in [0.717, 1.165) is 23.4 Å². The highest BCUT2D eigenvalue weighted by Gasteiger charge is 2.36. The minimum Gasteiger partial charge on any atom is -0.375 e. The first-order chi connectivity index (χ1) is 14.7. The average Bonchev–Trinajstić information content (AvgIpc) is 2.80. The number of piperidine rings is 1. The summed E-state index contributed by atoms with van der Waals surface area (Å²) >= 11 is 0. The highest BCUT2D eigenvalue weighted by Crippen LogP contribution is 2.36. The number of amides is 1. The van der Waals surface area contributed by atoms with E-state index in [2.05, 4.69) is 10.3 Å². The van der Waals surface area contributed by atoms with Gasteiger partial charge in [-0.25, -0.2) is 0 Å². The Kier molecular flexibility index (Phi) is 4.83. The second-order valence-corrected chi connectivity index (χ2v) is 8.14. The van der Waals surface area contributed by atoms with Gasteiger partial charge in [-0.15, -0.1) is 0 Å². The van der Waals surface area contributed by atoms with Crippen LogP contribution in [0.5, 0.6) is 0 Å². The van der Waals surface area contributed by atoms with Crippen LogP contribution in [0.4, 0.5) is 5.69 Å². The second kappa shape index (κ2) is 7.78. The highest BCUT2D eigenvalue weighted by atomic mass is 16.2. The molecule has 30 heavy (non-hydrogen) atoms. The molecule has 2 aliphatic heterocycles. The molecule has 1 N–H and O–H groups in total. The molecule has 6 heteroatoms. The van der Waals surface area contributed by atoms with Crippen molar-refractivity contribution in [3.8, 4) is 0 Å². The van der Waals surface area contributed by atoms with Crippen molar-refractivity contribution >= 4 is 11.6 Å². The number of fused-ring (bicyclic) bond motifs is 4. The number of carbonyl (C=O) groups excluding carboxylic acids is 1. The topological polar surface area (TPSA) is 67.2 Å². The van der Waals surface area contributed by atoms with Crippen molar-refractivity contribution in [1.29, 1.82) is 0 Å². The van der Waals surface area contributed by atoms with Crippen molar-refractivity contribution in [2.45, 2.75) is 25.4 Å². The van der Waals surface area contributed by atoms with Gasteiger partial charge in [0.25, 0.3) is 11.5 Å². The Morgan fingerprint density at radius 3 is 2.63 bits per heavy atom. The molecule has 0 spiro atoms. The molecule has 3 aromatic rings. The van der Waals surface area contributed by atoms with E-state index >= 15 is 0 Å². The molecule has 1 saturated heterocycles. The average molecular weight is 400 g/mol. The summed E-state index contributed by atoms with van der Waals surface area (Å²) in [4.78, 5) is 32.3. The van der Waals surface area contributed by atoms with Gasteiger partial charge in [-0.2, -0.15) is 0 Å². The summed E-state index contributed by atoms with van der Waals surface area (Å²) in [7, 11) is 0. The lowest BCUT2D eigenvalue weighted by molar-refractivity contribution is 0.0594. The van der Waals surface area contributed by atoms with E-state index in [1.165, 1.54) is 0 Å². The molecule has 2 aliphatic rings. The minimum atomic E-state index is 0.0148. The lowest BCUT2D eigenvalue weighted by atomic mass is 9.83. The number of hydrogen-bond acceptors (Lipinski definition) is 4. The maximum atomic E-state index is 13.1. The first kappa shape index (κ1) is 18.6. The molecule has 1 amide bonds. The Morgan fingerprint density at radius 1 is 1.00 bits per heavy atom. The molecular weight excluding hydrogens is 376 g/mol. The van der Waals surface area contributed by atoms with Gasteiger partial charge in [-0.1, -0.05) is 24.3 Å². The van der Waals surface area contributed by atoms with Crippen molar-refractivity contribution < 1.29 is 4.79 Å². The molecule has 0 saturated carbocycles. The van der Waals surface area contributed by atoms with Crippen LogP contribution in [-0.2, 0) is 13.1 Å². The molecular formula is C24H24N4O2. The van der Waals surface area contributed by atoms with Crippen LogP contribution in [0.25, 0.3) is 0 Å². The molecule has 2 bridgehead atoms. The number of anilines is 1. The van der Waals surface area contributed by atoms with Crippen molar-refractivity contribution in [2.75, 3.05) is 18.4 Å². The van der Waals surface area contributed by atoms with E-state index < -0.39 is 0 Å². The fraction of sp³-hybridized carbons (Fsp3) is 0.292. The molecule has 0 aliphatic carbocycles. The van der Waals surface area contributed by atoms with E-state index in [1.807, 2.05) is 70.1 Å². The fourth-order valence-corrected chi connectivity index (χ4v) is 4.70. The Morgan fingerprint density at radius 2 is 1.83 bits per heavy atom. The SMILES string of the molecule is O=C(c1ccccc1)N1CC2CC(C1)c1ccc(NCc3ccccn3)c(=O)n1C2. The molecule has 0 radical (unpaired) electrons. The fourth-order valence-electron chi connectivity index (χ4n) is 4.70. The predicted molar refractivity (Wildman–Crippen MR) is 115 cm³/mol.